The van der Waals surface area contributed by atoms with Crippen molar-refractivity contribution < 1.29 is 28.6 Å². The van der Waals surface area contributed by atoms with Gasteiger partial charge in [-0.25, -0.2) is 0 Å². The zero-order chi connectivity index (χ0) is 21.4. The summed E-state index contributed by atoms with van der Waals surface area (Å²) in [5, 5.41) is 0. The van der Waals surface area contributed by atoms with E-state index in [1.165, 1.54) is 50.5 Å². The molecule has 1 aromatic rings. The van der Waals surface area contributed by atoms with Crippen LogP contribution >= 0.6 is 7.60 Å². The van der Waals surface area contributed by atoms with Crippen molar-refractivity contribution in [1.82, 2.24) is 0 Å². The van der Waals surface area contributed by atoms with Crippen molar-refractivity contribution in [1.29, 1.82) is 0 Å². The van der Waals surface area contributed by atoms with Gasteiger partial charge in [0.1, 0.15) is 24.8 Å². The van der Waals surface area contributed by atoms with Crippen molar-refractivity contribution in [2.75, 3.05) is 26.2 Å². The van der Waals surface area contributed by atoms with Crippen molar-refractivity contribution in [2.45, 2.75) is 64.4 Å². The van der Waals surface area contributed by atoms with E-state index >= 15 is 0 Å². The molecule has 0 aliphatic heterocycles. The van der Waals surface area contributed by atoms with Crippen LogP contribution in [0.1, 0.15) is 57.4 Å². The second kappa shape index (κ2) is 15.6. The molecule has 0 heterocycles. The maximum Gasteiger partial charge on any atom is 0.350 e. The highest BCUT2D eigenvalue weighted by Gasteiger charge is 2.19. The number of hydrogen-bond acceptors (Lipinski definition) is 4. The largest absolute Gasteiger partial charge is 0.491 e. The maximum atomic E-state index is 11.0. The standard InChI is InChI=1S/C22H37O6P/c1-3-5-6-7-8-9-10-11-20-12-14-21(15-13-20)27-18-22(17-26-16-4-2)28-19-29(23,24)25/h4,12-15,22H,2-3,5-11,16-19H2,1H3,(H2,23,24,25). The number of benzene rings is 1. The minimum Gasteiger partial charge on any atom is -0.491 e. The second-order valence-corrected chi connectivity index (χ2v) is 8.82. The van der Waals surface area contributed by atoms with Gasteiger partial charge in [-0.1, -0.05) is 63.7 Å². The van der Waals surface area contributed by atoms with E-state index in [0.717, 1.165) is 6.42 Å². The number of hydrogen-bond donors (Lipinski definition) is 2. The highest BCUT2D eigenvalue weighted by Crippen LogP contribution is 2.34. The van der Waals surface area contributed by atoms with Crippen molar-refractivity contribution >= 4 is 7.60 Å². The van der Waals surface area contributed by atoms with Crippen molar-refractivity contribution in [3.63, 3.8) is 0 Å². The van der Waals surface area contributed by atoms with Gasteiger partial charge in [0.25, 0.3) is 0 Å². The Bertz CT molecular complexity index is 583. The first-order valence-electron chi connectivity index (χ1n) is 10.5. The molecule has 1 rings (SSSR count). The Morgan fingerprint density at radius 2 is 1.69 bits per heavy atom. The summed E-state index contributed by atoms with van der Waals surface area (Å²) in [6, 6.07) is 7.96. The lowest BCUT2D eigenvalue weighted by atomic mass is 10.0. The van der Waals surface area contributed by atoms with Crippen LogP contribution in [-0.2, 0) is 20.5 Å². The fraction of sp³-hybridized carbons (Fsp3) is 0.636. The first kappa shape index (κ1) is 25.9. The third-order valence-electron chi connectivity index (χ3n) is 4.45. The Balaban J connectivity index is 2.34. The first-order valence-corrected chi connectivity index (χ1v) is 12.3. The Kier molecular flexibility index (Phi) is 14.0. The number of unbranched alkanes of at least 4 members (excludes halogenated alkanes) is 6. The monoisotopic (exact) mass is 428 g/mol. The Hall–Kier alpha value is -1.17. The Morgan fingerprint density at radius 3 is 2.31 bits per heavy atom. The summed E-state index contributed by atoms with van der Waals surface area (Å²) in [6.45, 7) is 6.45. The third-order valence-corrected chi connectivity index (χ3v) is 4.93. The second-order valence-electron chi connectivity index (χ2n) is 7.23. The lowest BCUT2D eigenvalue weighted by Gasteiger charge is -2.19. The summed E-state index contributed by atoms with van der Waals surface area (Å²) in [4.78, 5) is 18.0. The Labute approximate surface area is 175 Å². The first-order chi connectivity index (χ1) is 13.9. The molecule has 7 heteroatoms. The summed E-state index contributed by atoms with van der Waals surface area (Å²) in [5.74, 6) is 0.696. The number of rotatable bonds is 18. The van der Waals surface area contributed by atoms with Gasteiger partial charge in [-0.05, 0) is 30.5 Å². The van der Waals surface area contributed by atoms with Gasteiger partial charge in [0.15, 0.2) is 0 Å². The van der Waals surface area contributed by atoms with Gasteiger partial charge >= 0.3 is 7.60 Å². The average molecular weight is 429 g/mol. The summed E-state index contributed by atoms with van der Waals surface area (Å²) < 4.78 is 27.3. The van der Waals surface area contributed by atoms with Gasteiger partial charge in [-0.3, -0.25) is 4.57 Å². The van der Waals surface area contributed by atoms with Crippen LogP contribution in [0.3, 0.4) is 0 Å². The summed E-state index contributed by atoms with van der Waals surface area (Å²) >= 11 is 0. The number of aryl methyl sites for hydroxylation is 1. The lowest BCUT2D eigenvalue weighted by molar-refractivity contribution is -0.0194. The van der Waals surface area contributed by atoms with Crippen LogP contribution in [0.15, 0.2) is 36.9 Å². The van der Waals surface area contributed by atoms with Gasteiger partial charge in [0, 0.05) is 0 Å². The summed E-state index contributed by atoms with van der Waals surface area (Å²) in [7, 11) is -4.24. The van der Waals surface area contributed by atoms with Crippen LogP contribution in [0.5, 0.6) is 5.75 Å². The fourth-order valence-corrected chi connectivity index (χ4v) is 3.26. The average Bonchev–Trinajstić information content (AvgIpc) is 2.69. The maximum absolute atomic E-state index is 11.0. The van der Waals surface area contributed by atoms with E-state index in [1.54, 1.807) is 6.08 Å². The molecule has 0 saturated carbocycles. The molecule has 6 nitrogen and oxygen atoms in total. The van der Waals surface area contributed by atoms with Crippen molar-refractivity contribution in [2.24, 2.45) is 0 Å². The van der Waals surface area contributed by atoms with E-state index in [4.69, 9.17) is 24.0 Å². The van der Waals surface area contributed by atoms with Crippen LogP contribution in [0.4, 0.5) is 0 Å². The van der Waals surface area contributed by atoms with Gasteiger partial charge in [-0.2, -0.15) is 0 Å². The molecule has 0 fully saturated rings. The van der Waals surface area contributed by atoms with E-state index in [1.807, 2.05) is 12.1 Å². The highest BCUT2D eigenvalue weighted by molar-refractivity contribution is 7.51. The van der Waals surface area contributed by atoms with E-state index in [-0.39, 0.29) is 13.2 Å². The molecule has 1 atom stereocenters. The van der Waals surface area contributed by atoms with E-state index in [9.17, 15) is 4.57 Å². The van der Waals surface area contributed by atoms with E-state index in [0.29, 0.717) is 12.4 Å². The van der Waals surface area contributed by atoms with Crippen molar-refractivity contribution in [3.8, 4) is 5.75 Å². The minimum atomic E-state index is -4.24. The van der Waals surface area contributed by atoms with Crippen LogP contribution < -0.4 is 4.74 Å². The molecule has 166 valence electrons. The van der Waals surface area contributed by atoms with E-state index < -0.39 is 20.0 Å². The molecule has 0 radical (unpaired) electrons. The van der Waals surface area contributed by atoms with Gasteiger partial charge in [0.05, 0.1) is 13.2 Å². The predicted octanol–water partition coefficient (Wildman–Crippen LogP) is 5.08. The molecule has 0 aliphatic carbocycles. The topological polar surface area (TPSA) is 85.2 Å². The summed E-state index contributed by atoms with van der Waals surface area (Å²) in [5.41, 5.74) is 1.29. The molecule has 0 bridgehead atoms. The van der Waals surface area contributed by atoms with Crippen LogP contribution in [0, 0.1) is 0 Å². The van der Waals surface area contributed by atoms with Gasteiger partial charge < -0.3 is 24.0 Å². The Morgan fingerprint density at radius 1 is 1.03 bits per heavy atom. The zero-order valence-corrected chi connectivity index (χ0v) is 18.5. The lowest BCUT2D eigenvalue weighted by Crippen LogP contribution is -2.27. The normalized spacial score (nSPS) is 12.7. The molecule has 0 aromatic heterocycles. The molecule has 0 spiro atoms. The molecule has 0 saturated heterocycles. The number of ether oxygens (including phenoxy) is 3. The SMILES string of the molecule is C=CCOCC(COc1ccc(CCCCCCCCC)cc1)OCP(=O)(O)O. The predicted molar refractivity (Wildman–Crippen MR) is 116 cm³/mol. The van der Waals surface area contributed by atoms with Crippen LogP contribution in [-0.4, -0.2) is 42.1 Å². The molecule has 1 unspecified atom stereocenters. The van der Waals surface area contributed by atoms with Crippen LogP contribution in [0.25, 0.3) is 0 Å². The molecule has 0 aliphatic rings. The minimum absolute atomic E-state index is 0.147. The highest BCUT2D eigenvalue weighted by atomic mass is 31.2. The smallest absolute Gasteiger partial charge is 0.350 e. The van der Waals surface area contributed by atoms with Crippen molar-refractivity contribution in [3.05, 3.63) is 42.5 Å². The molecule has 2 N–H and O–H groups in total. The van der Waals surface area contributed by atoms with Gasteiger partial charge in [0.2, 0.25) is 0 Å². The fourth-order valence-electron chi connectivity index (χ4n) is 2.86. The van der Waals surface area contributed by atoms with E-state index in [2.05, 4.69) is 25.6 Å². The molecular formula is C22H37O6P. The third kappa shape index (κ3) is 14.5. The molecular weight excluding hydrogens is 391 g/mol. The quantitative estimate of drug-likeness (QED) is 0.193. The molecule has 0 amide bonds. The summed E-state index contributed by atoms with van der Waals surface area (Å²) in [6.07, 6.45) is 10.5. The van der Waals surface area contributed by atoms with Crippen LogP contribution in [0.2, 0.25) is 0 Å². The zero-order valence-electron chi connectivity index (χ0n) is 17.6. The molecule has 29 heavy (non-hydrogen) atoms. The molecule has 1 aromatic carbocycles. The van der Waals surface area contributed by atoms with Gasteiger partial charge in [-0.15, -0.1) is 6.58 Å².